The topological polar surface area (TPSA) is 80.8 Å². The molecule has 0 aliphatic carbocycles. The first-order chi connectivity index (χ1) is 12.1. The van der Waals surface area contributed by atoms with Crippen molar-refractivity contribution in [2.45, 2.75) is 52.6 Å². The molecule has 144 valence electrons. The lowest BCUT2D eigenvalue weighted by Gasteiger charge is -2.33. The van der Waals surface area contributed by atoms with Gasteiger partial charge in [-0.25, -0.2) is 13.2 Å². The molecular formula is C19H27NO5S. The number of ether oxygens (including phenoxy) is 1. The number of carbonyl (C=O) groups is 2. The van der Waals surface area contributed by atoms with Crippen LogP contribution in [0.2, 0.25) is 0 Å². The molecule has 0 spiro atoms. The first-order valence-corrected chi connectivity index (χ1v) is 10.7. The van der Waals surface area contributed by atoms with Gasteiger partial charge in [0, 0.05) is 12.1 Å². The summed E-state index contributed by atoms with van der Waals surface area (Å²) in [7, 11) is -3.10. The number of aryl methyl sites for hydroxylation is 2. The van der Waals surface area contributed by atoms with Gasteiger partial charge in [0.1, 0.15) is 0 Å². The Morgan fingerprint density at radius 2 is 2.00 bits per heavy atom. The van der Waals surface area contributed by atoms with E-state index in [-0.39, 0.29) is 36.1 Å². The predicted molar refractivity (Wildman–Crippen MR) is 99.9 cm³/mol. The lowest BCUT2D eigenvalue weighted by Crippen LogP contribution is -2.48. The highest BCUT2D eigenvalue weighted by atomic mass is 32.2. The summed E-state index contributed by atoms with van der Waals surface area (Å²) in [5, 5.41) is 0. The molecule has 1 saturated heterocycles. The first kappa shape index (κ1) is 20.4. The van der Waals surface area contributed by atoms with Crippen LogP contribution in [0.25, 0.3) is 0 Å². The zero-order valence-corrected chi connectivity index (χ0v) is 16.6. The standard InChI is InChI=1S/C19H27NO5S/c1-5-15(4)20(16-8-9-26(23,24)12-16)18(21)11-25-19(22)17-10-13(2)6-7-14(17)3/h6-7,10,15-16H,5,8-9,11-12H2,1-4H3/t15-,16+/m0/s1. The van der Waals surface area contributed by atoms with Crippen LogP contribution in [0.15, 0.2) is 18.2 Å². The number of rotatable bonds is 6. The second kappa shape index (κ2) is 8.20. The van der Waals surface area contributed by atoms with E-state index in [1.165, 1.54) is 0 Å². The summed E-state index contributed by atoms with van der Waals surface area (Å²) < 4.78 is 28.8. The Morgan fingerprint density at radius 1 is 1.31 bits per heavy atom. The van der Waals surface area contributed by atoms with Gasteiger partial charge in [-0.15, -0.1) is 0 Å². The SMILES string of the molecule is CC[C@H](C)N(C(=O)COC(=O)c1cc(C)ccc1C)[C@@H]1CCS(=O)(=O)C1. The number of amides is 1. The van der Waals surface area contributed by atoms with Crippen molar-refractivity contribution < 1.29 is 22.7 Å². The number of nitrogens with zero attached hydrogens (tertiary/aromatic N) is 1. The number of benzene rings is 1. The normalized spacial score (nSPS) is 19.8. The minimum Gasteiger partial charge on any atom is -0.452 e. The Balaban J connectivity index is 2.07. The summed E-state index contributed by atoms with van der Waals surface area (Å²) in [6.45, 7) is 7.14. The van der Waals surface area contributed by atoms with Crippen molar-refractivity contribution in [3.63, 3.8) is 0 Å². The molecule has 2 atom stereocenters. The average molecular weight is 381 g/mol. The number of carbonyl (C=O) groups excluding carboxylic acids is 2. The van der Waals surface area contributed by atoms with E-state index in [4.69, 9.17) is 4.74 Å². The molecule has 1 aliphatic rings. The highest BCUT2D eigenvalue weighted by Crippen LogP contribution is 2.21. The molecule has 0 radical (unpaired) electrons. The summed E-state index contributed by atoms with van der Waals surface area (Å²) >= 11 is 0. The fourth-order valence-electron chi connectivity index (χ4n) is 3.24. The van der Waals surface area contributed by atoms with Gasteiger partial charge in [-0.05, 0) is 45.2 Å². The Labute approximate surface area is 155 Å². The van der Waals surface area contributed by atoms with Crippen LogP contribution in [0.4, 0.5) is 0 Å². The molecule has 0 bridgehead atoms. The number of esters is 1. The number of hydrogen-bond donors (Lipinski definition) is 0. The Hall–Kier alpha value is -1.89. The second-order valence-corrected chi connectivity index (χ2v) is 9.24. The minimum absolute atomic E-state index is 0.0198. The largest absolute Gasteiger partial charge is 0.452 e. The Morgan fingerprint density at radius 3 is 2.58 bits per heavy atom. The minimum atomic E-state index is -3.10. The van der Waals surface area contributed by atoms with Crippen LogP contribution in [0.3, 0.4) is 0 Å². The molecule has 1 aromatic rings. The summed E-state index contributed by atoms with van der Waals surface area (Å²) in [6, 6.07) is 5.02. The smallest absolute Gasteiger partial charge is 0.338 e. The summed E-state index contributed by atoms with van der Waals surface area (Å²) in [5.74, 6) is -0.809. The van der Waals surface area contributed by atoms with Crippen LogP contribution in [0, 0.1) is 13.8 Å². The highest BCUT2D eigenvalue weighted by molar-refractivity contribution is 7.91. The van der Waals surface area contributed by atoms with Crippen molar-refractivity contribution in [1.29, 1.82) is 0 Å². The molecule has 0 saturated carbocycles. The third kappa shape index (κ3) is 4.84. The first-order valence-electron chi connectivity index (χ1n) is 8.90. The van der Waals surface area contributed by atoms with E-state index in [0.29, 0.717) is 18.4 Å². The number of sulfone groups is 1. The van der Waals surface area contributed by atoms with Gasteiger partial charge in [-0.3, -0.25) is 4.79 Å². The predicted octanol–water partition coefficient (Wildman–Crippen LogP) is 2.27. The molecule has 0 N–H and O–H groups in total. The lowest BCUT2D eigenvalue weighted by molar-refractivity contribution is -0.138. The average Bonchev–Trinajstić information content (AvgIpc) is 2.94. The zero-order chi connectivity index (χ0) is 19.5. The molecule has 7 heteroatoms. The zero-order valence-electron chi connectivity index (χ0n) is 15.8. The van der Waals surface area contributed by atoms with Gasteiger partial charge in [0.15, 0.2) is 16.4 Å². The third-order valence-electron chi connectivity index (χ3n) is 4.90. The highest BCUT2D eigenvalue weighted by Gasteiger charge is 2.36. The van der Waals surface area contributed by atoms with Crippen LogP contribution in [-0.2, 0) is 19.4 Å². The molecule has 6 nitrogen and oxygen atoms in total. The summed E-state index contributed by atoms with van der Waals surface area (Å²) in [4.78, 5) is 26.6. The van der Waals surface area contributed by atoms with E-state index in [1.54, 1.807) is 11.0 Å². The monoisotopic (exact) mass is 381 g/mol. The molecule has 2 rings (SSSR count). The van der Waals surface area contributed by atoms with Crippen molar-refractivity contribution in [1.82, 2.24) is 4.90 Å². The maximum atomic E-state index is 12.7. The van der Waals surface area contributed by atoms with Crippen LogP contribution in [0.1, 0.15) is 48.2 Å². The van der Waals surface area contributed by atoms with E-state index in [1.807, 2.05) is 39.8 Å². The molecule has 1 heterocycles. The molecule has 1 fully saturated rings. The molecule has 1 aromatic carbocycles. The maximum absolute atomic E-state index is 12.7. The molecular weight excluding hydrogens is 354 g/mol. The summed E-state index contributed by atoms with van der Waals surface area (Å²) in [6.07, 6.45) is 1.14. The third-order valence-corrected chi connectivity index (χ3v) is 6.65. The van der Waals surface area contributed by atoms with E-state index in [2.05, 4.69) is 0 Å². The van der Waals surface area contributed by atoms with Crippen molar-refractivity contribution in [2.24, 2.45) is 0 Å². The van der Waals surface area contributed by atoms with Gasteiger partial charge in [0.2, 0.25) is 0 Å². The summed E-state index contributed by atoms with van der Waals surface area (Å²) in [5.41, 5.74) is 2.16. The van der Waals surface area contributed by atoms with E-state index >= 15 is 0 Å². The van der Waals surface area contributed by atoms with Crippen LogP contribution < -0.4 is 0 Å². The maximum Gasteiger partial charge on any atom is 0.338 e. The molecule has 1 amide bonds. The van der Waals surface area contributed by atoms with Crippen molar-refractivity contribution in [3.05, 3.63) is 34.9 Å². The van der Waals surface area contributed by atoms with Gasteiger partial charge in [-0.2, -0.15) is 0 Å². The molecule has 0 unspecified atom stereocenters. The Bertz CT molecular complexity index is 787. The van der Waals surface area contributed by atoms with Crippen molar-refractivity contribution in [2.75, 3.05) is 18.1 Å². The van der Waals surface area contributed by atoms with Gasteiger partial charge in [-0.1, -0.05) is 24.6 Å². The van der Waals surface area contributed by atoms with Crippen LogP contribution in [-0.4, -0.2) is 55.4 Å². The van der Waals surface area contributed by atoms with Crippen molar-refractivity contribution >= 4 is 21.7 Å². The van der Waals surface area contributed by atoms with E-state index < -0.39 is 15.8 Å². The lowest BCUT2D eigenvalue weighted by atomic mass is 10.1. The second-order valence-electron chi connectivity index (χ2n) is 7.01. The molecule has 26 heavy (non-hydrogen) atoms. The molecule has 1 aliphatic heterocycles. The van der Waals surface area contributed by atoms with Gasteiger partial charge >= 0.3 is 5.97 Å². The Kier molecular flexibility index (Phi) is 6.44. The fraction of sp³-hybridized carbons (Fsp3) is 0.579. The fourth-order valence-corrected chi connectivity index (χ4v) is 4.95. The van der Waals surface area contributed by atoms with Crippen LogP contribution in [0.5, 0.6) is 0 Å². The van der Waals surface area contributed by atoms with E-state index in [9.17, 15) is 18.0 Å². The van der Waals surface area contributed by atoms with Gasteiger partial charge in [0.25, 0.3) is 5.91 Å². The molecule has 0 aromatic heterocycles. The van der Waals surface area contributed by atoms with Gasteiger partial charge < -0.3 is 9.64 Å². The van der Waals surface area contributed by atoms with Crippen molar-refractivity contribution in [3.8, 4) is 0 Å². The number of hydrogen-bond acceptors (Lipinski definition) is 5. The quantitative estimate of drug-likeness (QED) is 0.706. The van der Waals surface area contributed by atoms with Crippen LogP contribution >= 0.6 is 0 Å². The van der Waals surface area contributed by atoms with E-state index in [0.717, 1.165) is 11.1 Å². The van der Waals surface area contributed by atoms with Gasteiger partial charge in [0.05, 0.1) is 17.1 Å².